The van der Waals surface area contributed by atoms with E-state index in [1.54, 1.807) is 6.20 Å². The second-order valence-corrected chi connectivity index (χ2v) is 11.4. The molecule has 9 heteroatoms. The minimum atomic E-state index is -1.11. The molecule has 9 nitrogen and oxygen atoms in total. The van der Waals surface area contributed by atoms with Gasteiger partial charge in [0.1, 0.15) is 17.3 Å². The Morgan fingerprint density at radius 1 is 1.15 bits per heavy atom. The van der Waals surface area contributed by atoms with Gasteiger partial charge in [0.25, 0.3) is 0 Å². The Bertz CT molecular complexity index is 1400. The molecule has 2 fully saturated rings. The number of aliphatic carboxylic acids is 1. The number of hydrogen-bond donors (Lipinski definition) is 3. The van der Waals surface area contributed by atoms with Crippen molar-refractivity contribution in [3.63, 3.8) is 0 Å². The average molecular weight is 545 g/mol. The fourth-order valence-corrected chi connectivity index (χ4v) is 6.23. The van der Waals surface area contributed by atoms with Crippen molar-refractivity contribution < 1.29 is 24.6 Å². The number of hydroxylamine groups is 2. The Labute approximate surface area is 233 Å². The monoisotopic (exact) mass is 544 g/mol. The molecule has 0 spiro atoms. The molecule has 3 aromatic rings. The van der Waals surface area contributed by atoms with Gasteiger partial charge in [-0.15, -0.1) is 5.06 Å². The summed E-state index contributed by atoms with van der Waals surface area (Å²) in [5, 5.41) is 26.2. The van der Waals surface area contributed by atoms with E-state index in [1.165, 1.54) is 10.6 Å². The van der Waals surface area contributed by atoms with Gasteiger partial charge in [-0.1, -0.05) is 30.3 Å². The molecule has 3 heterocycles. The number of nitrogens with one attached hydrogen (secondary N) is 1. The van der Waals surface area contributed by atoms with Crippen LogP contribution in [0.5, 0.6) is 0 Å². The number of rotatable bonds is 11. The van der Waals surface area contributed by atoms with Crippen molar-refractivity contribution in [1.29, 1.82) is 0 Å². The number of carbonyl (C=O) groups excluding carboxylic acids is 1. The highest BCUT2D eigenvalue weighted by Gasteiger charge is 2.56. The van der Waals surface area contributed by atoms with Gasteiger partial charge in [-0.25, -0.2) is 9.78 Å². The van der Waals surface area contributed by atoms with Crippen molar-refractivity contribution in [3.8, 4) is 0 Å². The second-order valence-electron chi connectivity index (χ2n) is 11.4. The van der Waals surface area contributed by atoms with Crippen LogP contribution in [0.2, 0.25) is 0 Å². The molecule has 210 valence electrons. The van der Waals surface area contributed by atoms with E-state index in [1.807, 2.05) is 30.3 Å². The zero-order chi connectivity index (χ0) is 27.7. The number of anilines is 1. The maximum Gasteiger partial charge on any atom is 0.337 e. The smallest absolute Gasteiger partial charge is 0.337 e. The van der Waals surface area contributed by atoms with E-state index in [4.69, 9.17) is 9.82 Å². The first kappa shape index (κ1) is 26.7. The molecule has 0 radical (unpaired) electrons. The van der Waals surface area contributed by atoms with Crippen LogP contribution in [-0.4, -0.2) is 62.4 Å². The zero-order valence-corrected chi connectivity index (χ0v) is 22.6. The SMILES string of the molecule is O=C(O)[C@H](CCO)N(OC(=O)C1(c2nccc3ccccc23)CC1)C1CC(CCc2ccc3c(n2)NCCC3)C1. The van der Waals surface area contributed by atoms with Crippen LogP contribution in [0.4, 0.5) is 5.82 Å². The maximum atomic E-state index is 13.7. The summed E-state index contributed by atoms with van der Waals surface area (Å²) in [4.78, 5) is 41.2. The van der Waals surface area contributed by atoms with Crippen molar-refractivity contribution in [1.82, 2.24) is 15.0 Å². The normalized spacial score (nSPS) is 21.6. The molecule has 0 saturated heterocycles. The van der Waals surface area contributed by atoms with Crippen LogP contribution < -0.4 is 5.32 Å². The van der Waals surface area contributed by atoms with Crippen molar-refractivity contribution in [3.05, 3.63) is 65.6 Å². The number of benzene rings is 1. The number of carboxylic acids is 1. The lowest BCUT2D eigenvalue weighted by atomic mass is 9.76. The highest BCUT2D eigenvalue weighted by molar-refractivity contribution is 5.94. The van der Waals surface area contributed by atoms with E-state index < -0.39 is 23.4 Å². The number of aryl methyl sites for hydroxylation is 2. The summed E-state index contributed by atoms with van der Waals surface area (Å²) in [6.07, 6.45) is 8.33. The van der Waals surface area contributed by atoms with Gasteiger partial charge < -0.3 is 20.4 Å². The highest BCUT2D eigenvalue weighted by Crippen LogP contribution is 2.51. The Kier molecular flexibility index (Phi) is 7.42. The second kappa shape index (κ2) is 11.1. The van der Waals surface area contributed by atoms with Gasteiger partial charge in [0.2, 0.25) is 0 Å². The third-order valence-corrected chi connectivity index (χ3v) is 8.78. The standard InChI is InChI=1S/C31H36N4O5/c36-17-12-26(29(37)38)35(24-18-20(19-24)7-9-23-10-8-22-5-3-15-33-28(22)34-23)40-30(39)31(13-14-31)27-25-6-2-1-4-21(25)11-16-32-27/h1-2,4,6,8,10-11,16,20,24,26,36H,3,5,7,9,12-15,17-19H2,(H,33,34)(H,37,38)/t20?,24?,26-/m0/s1. The van der Waals surface area contributed by atoms with E-state index in [2.05, 4.69) is 22.4 Å². The fourth-order valence-electron chi connectivity index (χ4n) is 6.23. The molecule has 1 aliphatic heterocycles. The van der Waals surface area contributed by atoms with Gasteiger partial charge >= 0.3 is 11.9 Å². The third-order valence-electron chi connectivity index (χ3n) is 8.78. The van der Waals surface area contributed by atoms with E-state index >= 15 is 0 Å². The average Bonchev–Trinajstić information content (AvgIpc) is 3.76. The molecule has 40 heavy (non-hydrogen) atoms. The molecule has 6 rings (SSSR count). The number of aromatic nitrogens is 2. The molecule has 0 bridgehead atoms. The van der Waals surface area contributed by atoms with Crippen LogP contribution >= 0.6 is 0 Å². The summed E-state index contributed by atoms with van der Waals surface area (Å²) in [6.45, 7) is 0.647. The third kappa shape index (κ3) is 5.15. The highest BCUT2D eigenvalue weighted by atomic mass is 16.7. The first-order valence-corrected chi connectivity index (χ1v) is 14.4. The Hall–Kier alpha value is -3.56. The minimum absolute atomic E-state index is 0.0185. The summed E-state index contributed by atoms with van der Waals surface area (Å²) in [5.41, 5.74) is 2.13. The summed E-state index contributed by atoms with van der Waals surface area (Å²) < 4.78 is 0. The van der Waals surface area contributed by atoms with E-state index in [0.29, 0.717) is 24.5 Å². The predicted octanol–water partition coefficient (Wildman–Crippen LogP) is 4.03. The van der Waals surface area contributed by atoms with Crippen LogP contribution in [0.1, 0.15) is 61.9 Å². The molecule has 1 atom stereocenters. The number of fused-ring (bicyclic) bond motifs is 2. The number of aliphatic hydroxyl groups excluding tert-OH is 1. The molecule has 0 amide bonds. The van der Waals surface area contributed by atoms with Crippen LogP contribution in [0.25, 0.3) is 10.8 Å². The molecular weight excluding hydrogens is 508 g/mol. The van der Waals surface area contributed by atoms with Crippen molar-refractivity contribution in [2.45, 2.75) is 75.3 Å². The van der Waals surface area contributed by atoms with Crippen LogP contribution in [0, 0.1) is 5.92 Å². The van der Waals surface area contributed by atoms with Crippen molar-refractivity contribution in [2.24, 2.45) is 5.92 Å². The summed E-state index contributed by atoms with van der Waals surface area (Å²) in [5.74, 6) is -0.189. The van der Waals surface area contributed by atoms with Crippen LogP contribution in [0.15, 0.2) is 48.7 Å². The van der Waals surface area contributed by atoms with E-state index in [0.717, 1.165) is 67.4 Å². The number of hydrogen-bond acceptors (Lipinski definition) is 8. The van der Waals surface area contributed by atoms with Gasteiger partial charge in [-0.2, -0.15) is 0 Å². The summed E-state index contributed by atoms with van der Waals surface area (Å²) >= 11 is 0. The zero-order valence-electron chi connectivity index (χ0n) is 22.6. The summed E-state index contributed by atoms with van der Waals surface area (Å²) in [7, 11) is 0. The van der Waals surface area contributed by atoms with Gasteiger partial charge in [0.15, 0.2) is 0 Å². The lowest BCUT2D eigenvalue weighted by molar-refractivity contribution is -0.236. The molecule has 0 unspecified atom stereocenters. The number of carboxylic acid groups (broad SMARTS) is 1. The molecule has 1 aromatic carbocycles. The van der Waals surface area contributed by atoms with E-state index in [-0.39, 0.29) is 19.1 Å². The van der Waals surface area contributed by atoms with Crippen LogP contribution in [-0.2, 0) is 32.7 Å². The first-order valence-electron chi connectivity index (χ1n) is 14.4. The lowest BCUT2D eigenvalue weighted by Gasteiger charge is -2.44. The maximum absolute atomic E-state index is 13.7. The minimum Gasteiger partial charge on any atom is -0.480 e. The molecule has 2 saturated carbocycles. The molecule has 3 aliphatic rings. The molecular formula is C31H36N4O5. The van der Waals surface area contributed by atoms with E-state index in [9.17, 15) is 19.8 Å². The Morgan fingerprint density at radius 3 is 2.75 bits per heavy atom. The molecule has 2 aromatic heterocycles. The number of pyridine rings is 2. The van der Waals surface area contributed by atoms with Gasteiger partial charge in [0, 0.05) is 36.5 Å². The van der Waals surface area contributed by atoms with Crippen LogP contribution in [0.3, 0.4) is 0 Å². The predicted molar refractivity (Wildman–Crippen MR) is 150 cm³/mol. The summed E-state index contributed by atoms with van der Waals surface area (Å²) in [6, 6.07) is 12.7. The molecule has 3 N–H and O–H groups in total. The van der Waals surface area contributed by atoms with Gasteiger partial charge in [0.05, 0.1) is 5.69 Å². The van der Waals surface area contributed by atoms with Crippen molar-refractivity contribution in [2.75, 3.05) is 18.5 Å². The first-order chi connectivity index (χ1) is 19.5. The largest absolute Gasteiger partial charge is 0.480 e. The Morgan fingerprint density at radius 2 is 1.98 bits per heavy atom. The van der Waals surface area contributed by atoms with Crippen molar-refractivity contribution >= 4 is 28.5 Å². The lowest BCUT2D eigenvalue weighted by Crippen LogP contribution is -2.54. The Balaban J connectivity index is 1.14. The number of nitrogens with zero attached hydrogens (tertiary/aromatic N) is 3. The van der Waals surface area contributed by atoms with Gasteiger partial charge in [-0.05, 0) is 86.8 Å². The number of carbonyl (C=O) groups is 2. The quantitative estimate of drug-likeness (QED) is 0.307. The molecule has 2 aliphatic carbocycles. The topological polar surface area (TPSA) is 125 Å². The number of aliphatic hydroxyl groups is 1. The fraction of sp³-hybridized carbons (Fsp3) is 0.484. The van der Waals surface area contributed by atoms with Gasteiger partial charge in [-0.3, -0.25) is 9.78 Å².